The van der Waals surface area contributed by atoms with Crippen molar-refractivity contribution >= 4 is 29.1 Å². The Hall–Kier alpha value is -2.52. The highest BCUT2D eigenvalue weighted by molar-refractivity contribution is 6.09. The molecule has 3 fully saturated rings. The summed E-state index contributed by atoms with van der Waals surface area (Å²) in [6.45, 7) is 1.19. The molecule has 1 aliphatic heterocycles. The smallest absolute Gasteiger partial charge is 0.253 e. The summed E-state index contributed by atoms with van der Waals surface area (Å²) in [6, 6.07) is 3.22. The van der Waals surface area contributed by atoms with Crippen molar-refractivity contribution in [3.05, 3.63) is 24.0 Å². The number of carbonyl (C=O) groups excluding carboxylic acids is 3. The van der Waals surface area contributed by atoms with Gasteiger partial charge in [0.25, 0.3) is 11.8 Å². The number of halogens is 1. The first kappa shape index (κ1) is 21.7. The summed E-state index contributed by atoms with van der Waals surface area (Å²) in [5, 5.41) is 2.65. The number of benzene rings is 1. The Kier molecular flexibility index (Phi) is 6.52. The van der Waals surface area contributed by atoms with Crippen molar-refractivity contribution in [2.45, 2.75) is 50.6 Å². The number of nitrogens with zero attached hydrogens (tertiary/aromatic N) is 2. The molecule has 1 aromatic rings. The van der Waals surface area contributed by atoms with Crippen LogP contribution in [0.1, 0.15) is 38.5 Å². The van der Waals surface area contributed by atoms with Gasteiger partial charge in [-0.25, -0.2) is 4.39 Å². The van der Waals surface area contributed by atoms with Gasteiger partial charge < -0.3 is 20.7 Å². The molecule has 168 valence electrons. The van der Waals surface area contributed by atoms with Crippen molar-refractivity contribution in [3.63, 3.8) is 0 Å². The van der Waals surface area contributed by atoms with Gasteiger partial charge in [0.2, 0.25) is 5.91 Å². The molecule has 9 heteroatoms. The first-order chi connectivity index (χ1) is 14.9. The van der Waals surface area contributed by atoms with Crippen LogP contribution in [-0.2, 0) is 19.1 Å². The molecule has 1 saturated heterocycles. The number of nitrogens with one attached hydrogen (secondary N) is 1. The number of anilines is 2. The van der Waals surface area contributed by atoms with Gasteiger partial charge in [-0.3, -0.25) is 19.3 Å². The molecule has 31 heavy (non-hydrogen) atoms. The molecule has 0 radical (unpaired) electrons. The third-order valence-electron chi connectivity index (χ3n) is 6.58. The average molecular weight is 432 g/mol. The lowest BCUT2D eigenvalue weighted by atomic mass is 9.82. The largest absolute Gasteiger partial charge is 0.370 e. The van der Waals surface area contributed by atoms with Gasteiger partial charge in [-0.15, -0.1) is 0 Å². The summed E-state index contributed by atoms with van der Waals surface area (Å²) >= 11 is 0. The third kappa shape index (κ3) is 4.72. The standard InChI is InChI=1S/C22H29FN4O4/c23-17-11-15(7-8-18(17)26-9-10-31-13-19(26)28)25-22(30)20(21(24)29)27(16-5-2-6-16)12-14-3-1-4-14/h7-8,11,14,16,20H,1-6,9-10,12-13H2,(H2,24,29)(H,25,30)/t20-/m1/s1. The minimum Gasteiger partial charge on any atom is -0.370 e. The van der Waals surface area contributed by atoms with Crippen LogP contribution in [0, 0.1) is 11.7 Å². The Bertz CT molecular complexity index is 856. The van der Waals surface area contributed by atoms with Gasteiger partial charge >= 0.3 is 0 Å². The minimum atomic E-state index is -1.09. The summed E-state index contributed by atoms with van der Waals surface area (Å²) < 4.78 is 19.8. The van der Waals surface area contributed by atoms with Crippen LogP contribution in [0.4, 0.5) is 15.8 Å². The molecule has 3 amide bonds. The summed E-state index contributed by atoms with van der Waals surface area (Å²) in [7, 11) is 0. The van der Waals surface area contributed by atoms with Crippen LogP contribution in [0.3, 0.4) is 0 Å². The lowest BCUT2D eigenvalue weighted by molar-refractivity contribution is -0.135. The van der Waals surface area contributed by atoms with Crippen molar-refractivity contribution in [1.82, 2.24) is 4.90 Å². The van der Waals surface area contributed by atoms with Gasteiger partial charge in [-0.2, -0.15) is 0 Å². The molecule has 0 bridgehead atoms. The summed E-state index contributed by atoms with van der Waals surface area (Å²) in [5.74, 6) is -1.71. The van der Waals surface area contributed by atoms with E-state index in [2.05, 4.69) is 5.32 Å². The van der Waals surface area contributed by atoms with Gasteiger partial charge in [0.05, 0.1) is 12.3 Å². The van der Waals surface area contributed by atoms with Crippen LogP contribution >= 0.6 is 0 Å². The molecule has 2 aliphatic carbocycles. The molecule has 1 heterocycles. The number of nitrogens with two attached hydrogens (primary N) is 1. The second-order valence-corrected chi connectivity index (χ2v) is 8.64. The second-order valence-electron chi connectivity index (χ2n) is 8.64. The topological polar surface area (TPSA) is 105 Å². The predicted octanol–water partition coefficient (Wildman–Crippen LogP) is 1.64. The molecule has 8 nitrogen and oxygen atoms in total. The van der Waals surface area contributed by atoms with Gasteiger partial charge in [0.15, 0.2) is 6.04 Å². The number of amides is 3. The lowest BCUT2D eigenvalue weighted by Gasteiger charge is -2.43. The molecule has 1 aromatic carbocycles. The van der Waals surface area contributed by atoms with E-state index in [1.54, 1.807) is 0 Å². The van der Waals surface area contributed by atoms with Gasteiger partial charge in [0, 0.05) is 24.8 Å². The Morgan fingerprint density at radius 2 is 2.00 bits per heavy atom. The molecule has 0 aromatic heterocycles. The number of morpholine rings is 1. The van der Waals surface area contributed by atoms with Crippen molar-refractivity contribution in [3.8, 4) is 0 Å². The molecule has 0 unspecified atom stereocenters. The van der Waals surface area contributed by atoms with Crippen LogP contribution < -0.4 is 16.0 Å². The zero-order valence-corrected chi connectivity index (χ0v) is 17.5. The number of ether oxygens (including phenoxy) is 1. The monoisotopic (exact) mass is 432 g/mol. The molecule has 4 rings (SSSR count). The maximum Gasteiger partial charge on any atom is 0.253 e. The van der Waals surface area contributed by atoms with Crippen molar-refractivity contribution in [2.75, 3.05) is 36.5 Å². The van der Waals surface area contributed by atoms with E-state index >= 15 is 0 Å². The molecule has 1 atom stereocenters. The van der Waals surface area contributed by atoms with Crippen LogP contribution in [0.25, 0.3) is 0 Å². The van der Waals surface area contributed by atoms with Gasteiger partial charge in [0.1, 0.15) is 12.4 Å². The number of hydrogen-bond acceptors (Lipinski definition) is 5. The van der Waals surface area contributed by atoms with Crippen LogP contribution in [0.5, 0.6) is 0 Å². The minimum absolute atomic E-state index is 0.0871. The zero-order valence-electron chi connectivity index (χ0n) is 17.5. The molecular weight excluding hydrogens is 403 g/mol. The molecule has 3 aliphatic rings. The fourth-order valence-corrected chi connectivity index (χ4v) is 4.39. The van der Waals surface area contributed by atoms with Gasteiger partial charge in [-0.05, 0) is 49.8 Å². The summed E-state index contributed by atoms with van der Waals surface area (Å²) in [4.78, 5) is 40.5. The highest BCUT2D eigenvalue weighted by atomic mass is 19.1. The van der Waals surface area contributed by atoms with E-state index in [0.29, 0.717) is 19.1 Å². The number of hydrogen-bond donors (Lipinski definition) is 2. The highest BCUT2D eigenvalue weighted by Gasteiger charge is 2.40. The van der Waals surface area contributed by atoms with E-state index < -0.39 is 23.7 Å². The Morgan fingerprint density at radius 3 is 2.55 bits per heavy atom. The van der Waals surface area contributed by atoms with Crippen LogP contribution in [0.2, 0.25) is 0 Å². The van der Waals surface area contributed by atoms with E-state index in [4.69, 9.17) is 10.5 Å². The van der Waals surface area contributed by atoms with Crippen molar-refractivity contribution < 1.29 is 23.5 Å². The Labute approximate surface area is 180 Å². The fourth-order valence-electron chi connectivity index (χ4n) is 4.39. The summed E-state index contributed by atoms with van der Waals surface area (Å²) in [6.07, 6.45) is 6.34. The molecular formula is C22H29FN4O4. The second kappa shape index (κ2) is 9.32. The van der Waals surface area contributed by atoms with E-state index in [0.717, 1.165) is 38.2 Å². The average Bonchev–Trinajstić information content (AvgIpc) is 2.64. The van der Waals surface area contributed by atoms with Crippen LogP contribution in [-0.4, -0.2) is 61.0 Å². The number of rotatable bonds is 8. The van der Waals surface area contributed by atoms with Crippen molar-refractivity contribution in [1.29, 1.82) is 0 Å². The Balaban J connectivity index is 1.48. The van der Waals surface area contributed by atoms with E-state index in [1.165, 1.54) is 23.5 Å². The normalized spacial score (nSPS) is 20.8. The SMILES string of the molecule is NC(=O)[C@H](C(=O)Nc1ccc(N2CCOCC2=O)c(F)c1)N(CC1CCC1)C1CCC1. The zero-order chi connectivity index (χ0) is 22.0. The number of primary amides is 1. The molecule has 3 N–H and O–H groups in total. The molecule has 0 spiro atoms. The highest BCUT2D eigenvalue weighted by Crippen LogP contribution is 2.33. The maximum atomic E-state index is 14.7. The Morgan fingerprint density at radius 1 is 1.26 bits per heavy atom. The van der Waals surface area contributed by atoms with Gasteiger partial charge in [-0.1, -0.05) is 12.8 Å². The predicted molar refractivity (Wildman–Crippen MR) is 113 cm³/mol. The summed E-state index contributed by atoms with van der Waals surface area (Å²) in [5.41, 5.74) is 6.00. The fraction of sp³-hybridized carbons (Fsp3) is 0.591. The molecule has 2 saturated carbocycles. The van der Waals surface area contributed by atoms with Crippen LogP contribution in [0.15, 0.2) is 18.2 Å². The lowest BCUT2D eigenvalue weighted by Crippen LogP contribution is -2.58. The maximum absolute atomic E-state index is 14.7. The van der Waals surface area contributed by atoms with E-state index in [-0.39, 0.29) is 36.5 Å². The first-order valence-corrected chi connectivity index (χ1v) is 11.0. The quantitative estimate of drug-likeness (QED) is 0.608. The van der Waals surface area contributed by atoms with Crippen molar-refractivity contribution in [2.24, 2.45) is 11.7 Å². The number of carbonyl (C=O) groups is 3. The third-order valence-corrected chi connectivity index (χ3v) is 6.58. The first-order valence-electron chi connectivity index (χ1n) is 11.0. The van der Waals surface area contributed by atoms with E-state index in [1.807, 2.05) is 4.90 Å². The van der Waals surface area contributed by atoms with E-state index in [9.17, 15) is 18.8 Å².